The van der Waals surface area contributed by atoms with Crippen LogP contribution in [0.1, 0.15) is 56.7 Å². The minimum Gasteiger partial charge on any atom is -0.507 e. The highest BCUT2D eigenvalue weighted by atomic mass is 19.4. The Morgan fingerprint density at radius 1 is 1.18 bits per heavy atom. The second-order valence-electron chi connectivity index (χ2n) is 6.93. The van der Waals surface area contributed by atoms with Gasteiger partial charge in [0.05, 0.1) is 17.8 Å². The van der Waals surface area contributed by atoms with E-state index in [1.807, 2.05) is 11.6 Å². The number of fused-ring (bicyclic) bond motifs is 1. The van der Waals surface area contributed by atoms with Crippen LogP contribution in [-0.4, -0.2) is 25.1 Å². The largest absolute Gasteiger partial charge is 0.507 e. The van der Waals surface area contributed by atoms with E-state index in [1.165, 1.54) is 6.07 Å². The second-order valence-corrected chi connectivity index (χ2v) is 6.93. The summed E-state index contributed by atoms with van der Waals surface area (Å²) in [5, 5.41) is 23.9. The van der Waals surface area contributed by atoms with Gasteiger partial charge in [0.1, 0.15) is 11.4 Å². The van der Waals surface area contributed by atoms with Crippen LogP contribution in [0.2, 0.25) is 0 Å². The number of aromatic nitrogens is 4. The molecule has 0 fully saturated rings. The molecule has 5 nitrogen and oxygen atoms in total. The number of nitrogens with zero attached hydrogens (tertiary/aromatic N) is 4. The van der Waals surface area contributed by atoms with Crippen molar-refractivity contribution in [1.29, 1.82) is 0 Å². The van der Waals surface area contributed by atoms with Gasteiger partial charge in [-0.25, -0.2) is 4.68 Å². The minimum absolute atomic E-state index is 0.214. The van der Waals surface area contributed by atoms with Gasteiger partial charge in [-0.05, 0) is 43.5 Å². The first-order valence-corrected chi connectivity index (χ1v) is 9.39. The van der Waals surface area contributed by atoms with Gasteiger partial charge in [0.2, 0.25) is 0 Å². The number of phenolic OH excluding ortho intramolecular Hbond substituents is 1. The zero-order valence-electron chi connectivity index (χ0n) is 16.1. The van der Waals surface area contributed by atoms with Crippen LogP contribution in [0.4, 0.5) is 13.2 Å². The first-order chi connectivity index (χ1) is 13.3. The molecule has 0 aliphatic heterocycles. The van der Waals surface area contributed by atoms with Crippen LogP contribution in [-0.2, 0) is 6.18 Å². The molecule has 0 spiro atoms. The molecule has 1 unspecified atom stereocenters. The van der Waals surface area contributed by atoms with E-state index in [0.717, 1.165) is 42.7 Å². The average Bonchev–Trinajstić information content (AvgIpc) is 3.07. The standard InChI is InChI=1S/C20H23F3N4O/c1-4-6-7-14(5-2)27-19-16(11-24-27)12(3)18(25-26-19)15-9-8-13(10-17(15)28)20(21,22)23/h8-11,14,28H,4-7H2,1-3H3. The molecule has 1 aromatic carbocycles. The Balaban J connectivity index is 2.05. The SMILES string of the molecule is CCCCC(CC)n1ncc2c(C)c(-c3ccc(C(F)(F)F)cc3O)nnc21. The Morgan fingerprint density at radius 3 is 2.54 bits per heavy atom. The lowest BCUT2D eigenvalue weighted by Crippen LogP contribution is -2.11. The summed E-state index contributed by atoms with van der Waals surface area (Å²) in [4.78, 5) is 0. The Kier molecular flexibility index (Phi) is 5.58. The predicted octanol–water partition coefficient (Wildman–Crippen LogP) is 5.67. The molecule has 1 atom stereocenters. The summed E-state index contributed by atoms with van der Waals surface area (Å²) < 4.78 is 40.4. The fourth-order valence-electron chi connectivity index (χ4n) is 3.39. The van der Waals surface area contributed by atoms with Gasteiger partial charge in [0.25, 0.3) is 0 Å². The molecule has 0 radical (unpaired) electrons. The predicted molar refractivity (Wildman–Crippen MR) is 101 cm³/mol. The molecule has 0 saturated heterocycles. The van der Waals surface area contributed by atoms with Crippen LogP contribution in [0.3, 0.4) is 0 Å². The zero-order chi connectivity index (χ0) is 20.5. The number of phenols is 1. The molecule has 1 N–H and O–H groups in total. The van der Waals surface area contributed by atoms with Gasteiger partial charge in [-0.3, -0.25) is 0 Å². The molecule has 2 aromatic heterocycles. The Labute approximate surface area is 161 Å². The maximum Gasteiger partial charge on any atom is 0.416 e. The quantitative estimate of drug-likeness (QED) is 0.587. The number of benzene rings is 1. The van der Waals surface area contributed by atoms with Crippen LogP contribution >= 0.6 is 0 Å². The number of alkyl halides is 3. The van der Waals surface area contributed by atoms with Gasteiger partial charge < -0.3 is 5.11 Å². The molecule has 0 aliphatic rings. The fourth-order valence-corrected chi connectivity index (χ4v) is 3.39. The molecule has 8 heteroatoms. The lowest BCUT2D eigenvalue weighted by molar-refractivity contribution is -0.137. The molecule has 0 bridgehead atoms. The summed E-state index contributed by atoms with van der Waals surface area (Å²) in [7, 11) is 0. The van der Waals surface area contributed by atoms with Gasteiger partial charge in [0.15, 0.2) is 5.65 Å². The Hall–Kier alpha value is -2.64. The van der Waals surface area contributed by atoms with Gasteiger partial charge in [-0.15, -0.1) is 10.2 Å². The van der Waals surface area contributed by atoms with Gasteiger partial charge in [-0.2, -0.15) is 18.3 Å². The number of hydrogen-bond donors (Lipinski definition) is 1. The molecule has 3 rings (SSSR count). The molecule has 3 aromatic rings. The molecular formula is C20H23F3N4O. The van der Waals surface area contributed by atoms with E-state index < -0.39 is 17.5 Å². The van der Waals surface area contributed by atoms with Crippen molar-refractivity contribution in [3.63, 3.8) is 0 Å². The van der Waals surface area contributed by atoms with Crippen molar-refractivity contribution < 1.29 is 18.3 Å². The maximum atomic E-state index is 12.8. The van der Waals surface area contributed by atoms with Crippen LogP contribution in [0, 0.1) is 6.92 Å². The third kappa shape index (κ3) is 3.68. The topological polar surface area (TPSA) is 63.8 Å². The van der Waals surface area contributed by atoms with Gasteiger partial charge in [-0.1, -0.05) is 26.7 Å². The Morgan fingerprint density at radius 2 is 1.93 bits per heavy atom. The van der Waals surface area contributed by atoms with E-state index in [1.54, 1.807) is 6.20 Å². The third-order valence-electron chi connectivity index (χ3n) is 5.06. The Bertz CT molecular complexity index is 981. The van der Waals surface area contributed by atoms with E-state index in [2.05, 4.69) is 29.1 Å². The van der Waals surface area contributed by atoms with Crippen molar-refractivity contribution >= 4 is 11.0 Å². The number of rotatable bonds is 6. The fraction of sp³-hybridized carbons (Fsp3) is 0.450. The lowest BCUT2D eigenvalue weighted by Gasteiger charge is -2.16. The van der Waals surface area contributed by atoms with E-state index in [0.29, 0.717) is 17.4 Å². The summed E-state index contributed by atoms with van der Waals surface area (Å²) >= 11 is 0. The molecule has 0 saturated carbocycles. The number of aromatic hydroxyl groups is 1. The zero-order valence-corrected chi connectivity index (χ0v) is 16.1. The first kappa shape index (κ1) is 20.1. The van der Waals surface area contributed by atoms with E-state index in [-0.39, 0.29) is 11.6 Å². The highest BCUT2D eigenvalue weighted by molar-refractivity contribution is 5.85. The molecular weight excluding hydrogens is 369 g/mol. The first-order valence-electron chi connectivity index (χ1n) is 9.39. The van der Waals surface area contributed by atoms with Crippen molar-refractivity contribution in [1.82, 2.24) is 20.0 Å². The van der Waals surface area contributed by atoms with Crippen molar-refractivity contribution in [3.05, 3.63) is 35.5 Å². The van der Waals surface area contributed by atoms with Crippen LogP contribution < -0.4 is 0 Å². The molecule has 0 amide bonds. The van der Waals surface area contributed by atoms with Gasteiger partial charge in [0, 0.05) is 10.9 Å². The number of halogens is 3. The summed E-state index contributed by atoms with van der Waals surface area (Å²) in [6, 6.07) is 3.09. The van der Waals surface area contributed by atoms with Gasteiger partial charge >= 0.3 is 6.18 Å². The summed E-state index contributed by atoms with van der Waals surface area (Å²) in [5.41, 5.74) is 1.02. The summed E-state index contributed by atoms with van der Waals surface area (Å²) in [6.45, 7) is 6.05. The maximum absolute atomic E-state index is 12.8. The highest BCUT2D eigenvalue weighted by Crippen LogP contribution is 2.38. The lowest BCUT2D eigenvalue weighted by atomic mass is 10.0. The third-order valence-corrected chi connectivity index (χ3v) is 5.06. The van der Waals surface area contributed by atoms with Crippen LogP contribution in [0.25, 0.3) is 22.3 Å². The molecule has 150 valence electrons. The van der Waals surface area contributed by atoms with Crippen LogP contribution in [0.15, 0.2) is 24.4 Å². The molecule has 28 heavy (non-hydrogen) atoms. The molecule has 0 aliphatic carbocycles. The van der Waals surface area contributed by atoms with E-state index in [9.17, 15) is 18.3 Å². The minimum atomic E-state index is -4.52. The van der Waals surface area contributed by atoms with E-state index in [4.69, 9.17) is 0 Å². The van der Waals surface area contributed by atoms with Crippen molar-refractivity contribution in [3.8, 4) is 17.0 Å². The number of aryl methyl sites for hydroxylation is 1. The second kappa shape index (κ2) is 7.77. The summed E-state index contributed by atoms with van der Waals surface area (Å²) in [6.07, 6.45) is 1.28. The molecule has 2 heterocycles. The normalized spacial score (nSPS) is 13.2. The van der Waals surface area contributed by atoms with Crippen molar-refractivity contribution in [2.24, 2.45) is 0 Å². The monoisotopic (exact) mass is 392 g/mol. The number of hydrogen-bond acceptors (Lipinski definition) is 4. The smallest absolute Gasteiger partial charge is 0.416 e. The van der Waals surface area contributed by atoms with Crippen molar-refractivity contribution in [2.45, 2.75) is 58.7 Å². The van der Waals surface area contributed by atoms with E-state index >= 15 is 0 Å². The highest BCUT2D eigenvalue weighted by Gasteiger charge is 2.31. The number of unbranched alkanes of at least 4 members (excludes halogenated alkanes) is 1. The van der Waals surface area contributed by atoms with Crippen LogP contribution in [0.5, 0.6) is 5.75 Å². The average molecular weight is 392 g/mol. The van der Waals surface area contributed by atoms with Crippen molar-refractivity contribution in [2.75, 3.05) is 0 Å². The summed E-state index contributed by atoms with van der Waals surface area (Å²) in [5.74, 6) is -0.478.